The van der Waals surface area contributed by atoms with Crippen LogP contribution in [0.2, 0.25) is 0 Å². The first kappa shape index (κ1) is 16.4. The number of para-hydroxylation sites is 1. The van der Waals surface area contributed by atoms with Crippen LogP contribution < -0.4 is 10.1 Å². The third kappa shape index (κ3) is 4.47. The Kier molecular flexibility index (Phi) is 5.69. The predicted octanol–water partition coefficient (Wildman–Crippen LogP) is 4.36. The van der Waals surface area contributed by atoms with Crippen molar-refractivity contribution in [3.05, 3.63) is 29.3 Å². The summed E-state index contributed by atoms with van der Waals surface area (Å²) in [5.74, 6) is 1.17. The van der Waals surface area contributed by atoms with Crippen LogP contribution in [0.25, 0.3) is 0 Å². The highest BCUT2D eigenvalue weighted by Crippen LogP contribution is 2.31. The van der Waals surface area contributed by atoms with Crippen LogP contribution in [0.4, 0.5) is 0 Å². The smallest absolute Gasteiger partial charge is 0.125 e. The Morgan fingerprint density at radius 2 is 2.10 bits per heavy atom. The minimum absolute atomic E-state index is 0.296. The normalized spacial score (nSPS) is 16.2. The molecule has 1 atom stereocenters. The van der Waals surface area contributed by atoms with Gasteiger partial charge in [0.15, 0.2) is 0 Å². The Morgan fingerprint density at radius 1 is 1.29 bits per heavy atom. The molecule has 118 valence electrons. The van der Waals surface area contributed by atoms with Crippen LogP contribution >= 0.6 is 0 Å². The maximum absolute atomic E-state index is 5.93. The molecule has 0 saturated heterocycles. The third-order valence-electron chi connectivity index (χ3n) is 4.40. The number of rotatable bonds is 6. The van der Waals surface area contributed by atoms with Gasteiger partial charge in [-0.05, 0) is 55.2 Å². The standard InChI is InChI=1S/C19H31NO/c1-5-13-20-17(19(2,3)4)12-11-16-9-6-8-15-10-7-14-21-18(15)16/h6,8-9,17,20H,5,7,10-14H2,1-4H3. The fourth-order valence-electron chi connectivity index (χ4n) is 3.11. The van der Waals surface area contributed by atoms with E-state index in [9.17, 15) is 0 Å². The lowest BCUT2D eigenvalue weighted by atomic mass is 9.83. The molecule has 0 radical (unpaired) electrons. The molecule has 1 aliphatic rings. The average molecular weight is 289 g/mol. The molecule has 1 unspecified atom stereocenters. The molecular weight excluding hydrogens is 258 g/mol. The van der Waals surface area contributed by atoms with Crippen molar-refractivity contribution in [2.75, 3.05) is 13.2 Å². The predicted molar refractivity (Wildman–Crippen MR) is 90.1 cm³/mol. The van der Waals surface area contributed by atoms with Gasteiger partial charge in [-0.15, -0.1) is 0 Å². The summed E-state index contributed by atoms with van der Waals surface area (Å²) in [4.78, 5) is 0. The second-order valence-electron chi connectivity index (χ2n) is 7.27. The van der Waals surface area contributed by atoms with Gasteiger partial charge in [-0.2, -0.15) is 0 Å². The highest BCUT2D eigenvalue weighted by Gasteiger charge is 2.24. The number of ether oxygens (including phenoxy) is 1. The molecule has 0 aromatic heterocycles. The second-order valence-corrected chi connectivity index (χ2v) is 7.27. The Morgan fingerprint density at radius 3 is 2.81 bits per heavy atom. The van der Waals surface area contributed by atoms with E-state index in [1.807, 2.05) is 0 Å². The average Bonchev–Trinajstić information content (AvgIpc) is 2.46. The first-order valence-electron chi connectivity index (χ1n) is 8.49. The molecular formula is C19H31NO. The Hall–Kier alpha value is -1.02. The SMILES string of the molecule is CCCNC(CCc1cccc2c1OCCC2)C(C)(C)C. The van der Waals surface area contributed by atoms with Crippen LogP contribution in [-0.4, -0.2) is 19.2 Å². The molecule has 0 saturated carbocycles. The van der Waals surface area contributed by atoms with Gasteiger partial charge in [0.2, 0.25) is 0 Å². The van der Waals surface area contributed by atoms with Crippen LogP contribution in [0.1, 0.15) is 58.1 Å². The Labute approximate surface area is 130 Å². The van der Waals surface area contributed by atoms with E-state index in [-0.39, 0.29) is 0 Å². The molecule has 1 aliphatic heterocycles. The summed E-state index contributed by atoms with van der Waals surface area (Å²) in [5.41, 5.74) is 3.08. The maximum Gasteiger partial charge on any atom is 0.125 e. The van der Waals surface area contributed by atoms with Crippen molar-refractivity contribution in [1.29, 1.82) is 0 Å². The van der Waals surface area contributed by atoms with Gasteiger partial charge in [0.1, 0.15) is 5.75 Å². The Bertz CT molecular complexity index is 447. The van der Waals surface area contributed by atoms with Crippen molar-refractivity contribution in [2.24, 2.45) is 5.41 Å². The third-order valence-corrected chi connectivity index (χ3v) is 4.40. The molecule has 0 fully saturated rings. The van der Waals surface area contributed by atoms with E-state index in [0.717, 1.165) is 26.0 Å². The summed E-state index contributed by atoms with van der Waals surface area (Å²) in [5, 5.41) is 3.72. The van der Waals surface area contributed by atoms with Crippen molar-refractivity contribution >= 4 is 0 Å². The molecule has 0 bridgehead atoms. The lowest BCUT2D eigenvalue weighted by Gasteiger charge is -2.32. The molecule has 1 aromatic carbocycles. The molecule has 21 heavy (non-hydrogen) atoms. The van der Waals surface area contributed by atoms with Crippen molar-refractivity contribution in [2.45, 2.75) is 65.8 Å². The van der Waals surface area contributed by atoms with Gasteiger partial charge in [0, 0.05) is 6.04 Å². The highest BCUT2D eigenvalue weighted by molar-refractivity contribution is 5.42. The van der Waals surface area contributed by atoms with E-state index in [1.165, 1.54) is 36.1 Å². The number of fused-ring (bicyclic) bond motifs is 1. The van der Waals surface area contributed by atoms with Gasteiger partial charge < -0.3 is 10.1 Å². The molecule has 2 nitrogen and oxygen atoms in total. The van der Waals surface area contributed by atoms with E-state index in [0.29, 0.717) is 11.5 Å². The van der Waals surface area contributed by atoms with Gasteiger partial charge in [-0.3, -0.25) is 0 Å². The van der Waals surface area contributed by atoms with E-state index in [2.05, 4.69) is 51.2 Å². The van der Waals surface area contributed by atoms with Crippen molar-refractivity contribution in [3.63, 3.8) is 0 Å². The molecule has 0 amide bonds. The van der Waals surface area contributed by atoms with Gasteiger partial charge in [-0.1, -0.05) is 45.9 Å². The zero-order valence-electron chi connectivity index (χ0n) is 14.2. The topological polar surface area (TPSA) is 21.3 Å². The first-order valence-corrected chi connectivity index (χ1v) is 8.49. The highest BCUT2D eigenvalue weighted by atomic mass is 16.5. The van der Waals surface area contributed by atoms with Gasteiger partial charge in [-0.25, -0.2) is 0 Å². The maximum atomic E-state index is 5.93. The molecule has 2 heteroatoms. The minimum Gasteiger partial charge on any atom is -0.493 e. The largest absolute Gasteiger partial charge is 0.493 e. The summed E-state index contributed by atoms with van der Waals surface area (Å²) in [6.07, 6.45) is 5.78. The fraction of sp³-hybridized carbons (Fsp3) is 0.684. The lowest BCUT2D eigenvalue weighted by molar-refractivity contribution is 0.252. The van der Waals surface area contributed by atoms with Crippen LogP contribution in [0.15, 0.2) is 18.2 Å². The molecule has 1 aromatic rings. The van der Waals surface area contributed by atoms with Crippen LogP contribution in [-0.2, 0) is 12.8 Å². The van der Waals surface area contributed by atoms with Crippen LogP contribution in [0.3, 0.4) is 0 Å². The lowest BCUT2D eigenvalue weighted by Crippen LogP contribution is -2.41. The van der Waals surface area contributed by atoms with E-state index >= 15 is 0 Å². The summed E-state index contributed by atoms with van der Waals surface area (Å²) in [6.45, 7) is 11.2. The summed E-state index contributed by atoms with van der Waals surface area (Å²) in [6, 6.07) is 7.20. The Balaban J connectivity index is 2.03. The molecule has 0 spiro atoms. The van der Waals surface area contributed by atoms with Gasteiger partial charge >= 0.3 is 0 Å². The van der Waals surface area contributed by atoms with Crippen LogP contribution in [0.5, 0.6) is 5.75 Å². The second kappa shape index (κ2) is 7.31. The van der Waals surface area contributed by atoms with Crippen LogP contribution in [0, 0.1) is 5.41 Å². The summed E-state index contributed by atoms with van der Waals surface area (Å²) < 4.78 is 5.93. The van der Waals surface area contributed by atoms with E-state index in [1.54, 1.807) is 0 Å². The molecule has 2 rings (SSSR count). The molecule has 1 heterocycles. The van der Waals surface area contributed by atoms with Gasteiger partial charge in [0.25, 0.3) is 0 Å². The van der Waals surface area contributed by atoms with E-state index < -0.39 is 0 Å². The summed E-state index contributed by atoms with van der Waals surface area (Å²) in [7, 11) is 0. The quantitative estimate of drug-likeness (QED) is 0.840. The number of nitrogens with one attached hydrogen (secondary N) is 1. The number of aryl methyl sites for hydroxylation is 2. The molecule has 0 aliphatic carbocycles. The van der Waals surface area contributed by atoms with Crippen molar-refractivity contribution < 1.29 is 4.74 Å². The monoisotopic (exact) mass is 289 g/mol. The number of hydrogen-bond donors (Lipinski definition) is 1. The fourth-order valence-corrected chi connectivity index (χ4v) is 3.11. The first-order chi connectivity index (χ1) is 10.0. The number of benzene rings is 1. The minimum atomic E-state index is 0.296. The number of hydrogen-bond acceptors (Lipinski definition) is 2. The van der Waals surface area contributed by atoms with Crippen molar-refractivity contribution in [1.82, 2.24) is 5.32 Å². The van der Waals surface area contributed by atoms with E-state index in [4.69, 9.17) is 4.74 Å². The zero-order valence-corrected chi connectivity index (χ0v) is 14.2. The van der Waals surface area contributed by atoms with Gasteiger partial charge in [0.05, 0.1) is 6.61 Å². The molecule has 1 N–H and O–H groups in total. The zero-order chi connectivity index (χ0) is 15.3. The summed E-state index contributed by atoms with van der Waals surface area (Å²) >= 11 is 0. The van der Waals surface area contributed by atoms with Crippen molar-refractivity contribution in [3.8, 4) is 5.75 Å².